The molecule has 4 nitrogen and oxygen atoms in total. The van der Waals surface area contributed by atoms with Crippen LogP contribution in [0.2, 0.25) is 0 Å². The Kier molecular flexibility index (Phi) is 10.6. The Morgan fingerprint density at radius 1 is 0.339 bits per heavy atom. The van der Waals surface area contributed by atoms with Crippen molar-refractivity contribution >= 4 is 110 Å². The first-order chi connectivity index (χ1) is 27.5. The number of nitrogens with one attached hydrogen (secondary N) is 2. The molecule has 0 atom stereocenters. The first kappa shape index (κ1) is 37.0. The molecule has 7 aromatic rings. The van der Waals surface area contributed by atoms with Gasteiger partial charge in [-0.05, 0) is 93.1 Å². The predicted molar refractivity (Wildman–Crippen MR) is 251 cm³/mol. The van der Waals surface area contributed by atoms with E-state index in [9.17, 15) is 0 Å². The van der Waals surface area contributed by atoms with Crippen molar-refractivity contribution in [2.24, 2.45) is 0 Å². The summed E-state index contributed by atoms with van der Waals surface area (Å²) in [5, 5.41) is 3.03. The molecule has 0 fully saturated rings. The molecule has 0 aliphatic carbocycles. The molecule has 3 aromatic heterocycles. The largest absolute Gasteiger partial charge is 0.354 e. The van der Waals surface area contributed by atoms with Crippen molar-refractivity contribution < 1.29 is 0 Å². The zero-order valence-corrected chi connectivity index (χ0v) is 36.4. The van der Waals surface area contributed by atoms with Crippen molar-refractivity contribution in [3.63, 3.8) is 0 Å². The Balaban J connectivity index is 1.47. The maximum absolute atomic E-state index is 5.47. The maximum Gasteiger partial charge on any atom is 0.0737 e. The molecule has 8 bridgehead atoms. The quantitative estimate of drug-likeness (QED) is 0.149. The monoisotopic (exact) mass is 982 g/mol. The van der Waals surface area contributed by atoms with Gasteiger partial charge in [0, 0.05) is 65.6 Å². The summed E-state index contributed by atoms with van der Waals surface area (Å²) in [7, 11) is 0. The van der Waals surface area contributed by atoms with Gasteiger partial charge in [0.25, 0.3) is 0 Å². The lowest BCUT2D eigenvalue weighted by molar-refractivity contribution is 1.30. The highest BCUT2D eigenvalue weighted by Gasteiger charge is 2.19. The van der Waals surface area contributed by atoms with Crippen LogP contribution in [0.3, 0.4) is 0 Å². The van der Waals surface area contributed by atoms with Crippen molar-refractivity contribution in [3.05, 3.63) is 166 Å². The Morgan fingerprint density at radius 3 is 0.821 bits per heavy atom. The summed E-state index contributed by atoms with van der Waals surface area (Å²) in [5.41, 5.74) is 20.8. The number of nitrogens with zero attached hydrogens (tertiary/aromatic N) is 2. The van der Waals surface area contributed by atoms with Crippen molar-refractivity contribution in [1.82, 2.24) is 19.9 Å². The van der Waals surface area contributed by atoms with Crippen LogP contribution in [0.1, 0.15) is 45.0 Å². The average molecular weight is 986 g/mol. The second-order valence-electron chi connectivity index (χ2n) is 13.8. The number of aromatic amines is 2. The van der Waals surface area contributed by atoms with Gasteiger partial charge in [-0.25, -0.2) is 9.97 Å². The zero-order chi connectivity index (χ0) is 38.2. The first-order valence-corrected chi connectivity index (χ1v) is 22.8. The Morgan fingerprint density at radius 2 is 0.589 bits per heavy atom. The third-order valence-electron chi connectivity index (χ3n) is 10.2. The number of halogens is 4. The molecule has 0 saturated carbocycles. The van der Waals surface area contributed by atoms with Crippen LogP contribution in [0.15, 0.2) is 121 Å². The summed E-state index contributed by atoms with van der Waals surface area (Å²) in [5.74, 6) is 0. The van der Waals surface area contributed by atoms with Gasteiger partial charge in [0.2, 0.25) is 0 Å². The smallest absolute Gasteiger partial charge is 0.0737 e. The van der Waals surface area contributed by atoms with E-state index >= 15 is 0 Å². The van der Waals surface area contributed by atoms with Crippen LogP contribution in [-0.2, 0) is 21.3 Å². The van der Waals surface area contributed by atoms with Crippen molar-refractivity contribution in [1.29, 1.82) is 0 Å². The second kappa shape index (κ2) is 16.1. The van der Waals surface area contributed by atoms with E-state index in [2.05, 4.69) is 219 Å². The number of hydrogen-bond donors (Lipinski definition) is 2. The molecule has 9 rings (SSSR count). The van der Waals surface area contributed by atoms with Gasteiger partial charge in [-0.3, -0.25) is 0 Å². The van der Waals surface area contributed by atoms with Crippen LogP contribution < -0.4 is 0 Å². The van der Waals surface area contributed by atoms with Gasteiger partial charge in [0.15, 0.2) is 0 Å². The molecule has 0 radical (unpaired) electrons. The van der Waals surface area contributed by atoms with Gasteiger partial charge in [0.05, 0.1) is 22.8 Å². The lowest BCUT2D eigenvalue weighted by Gasteiger charge is -2.09. The number of fused-ring (bicyclic) bond motifs is 8. The molecule has 0 spiro atoms. The minimum absolute atomic E-state index is 0.757. The van der Waals surface area contributed by atoms with Gasteiger partial charge in [-0.1, -0.05) is 161 Å². The summed E-state index contributed by atoms with van der Waals surface area (Å²) in [6.45, 7) is 0. The number of H-pyrrole nitrogens is 2. The second-order valence-corrected chi connectivity index (χ2v) is 16.1. The van der Waals surface area contributed by atoms with Gasteiger partial charge < -0.3 is 9.97 Å². The molecular weight excluding hydrogens is 952 g/mol. The molecule has 4 aromatic carbocycles. The lowest BCUT2D eigenvalue weighted by atomic mass is 10.0. The first-order valence-electron chi connectivity index (χ1n) is 18.3. The number of aromatic nitrogens is 4. The SMILES string of the molecule is BrCc1cccc(-c2c3nc(c(-c4cccc(CBr)c4)c4ccc([nH]4)c(-c4cccc(CBr)c4)c4nc(c(-c5cccc(CBr)c5)c5ccc2[nH]5)C=C4)C=C3)c1. The highest BCUT2D eigenvalue weighted by Crippen LogP contribution is 2.39. The molecule has 2 aliphatic rings. The molecule has 2 N–H and O–H groups in total. The molecule has 0 saturated heterocycles. The maximum atomic E-state index is 5.47. The van der Waals surface area contributed by atoms with Gasteiger partial charge in [-0.15, -0.1) is 0 Å². The molecule has 0 unspecified atom stereocenters. The Bertz CT molecular complexity index is 2500. The fourth-order valence-corrected chi connectivity index (χ4v) is 9.06. The summed E-state index contributed by atoms with van der Waals surface area (Å²) in [6, 6.07) is 43.5. The summed E-state index contributed by atoms with van der Waals surface area (Å²) in [6.07, 6.45) is 8.61. The van der Waals surface area contributed by atoms with Crippen LogP contribution in [0.5, 0.6) is 0 Å². The van der Waals surface area contributed by atoms with Gasteiger partial charge >= 0.3 is 0 Å². The zero-order valence-electron chi connectivity index (χ0n) is 30.1. The van der Waals surface area contributed by atoms with E-state index < -0.39 is 0 Å². The summed E-state index contributed by atoms with van der Waals surface area (Å²) < 4.78 is 0. The Labute approximate surface area is 359 Å². The van der Waals surface area contributed by atoms with E-state index in [0.29, 0.717) is 0 Å². The third-order valence-corrected chi connectivity index (χ3v) is 12.8. The van der Waals surface area contributed by atoms with E-state index in [0.717, 1.165) is 111 Å². The van der Waals surface area contributed by atoms with Crippen LogP contribution in [0.4, 0.5) is 0 Å². The molecule has 56 heavy (non-hydrogen) atoms. The average Bonchev–Trinajstić information content (AvgIpc) is 4.09. The number of alkyl halides is 4. The number of hydrogen-bond acceptors (Lipinski definition) is 2. The van der Waals surface area contributed by atoms with E-state index in [1.165, 1.54) is 22.3 Å². The topological polar surface area (TPSA) is 57.4 Å². The molecule has 0 amide bonds. The highest BCUT2D eigenvalue weighted by atomic mass is 79.9. The normalized spacial score (nSPS) is 12.1. The van der Waals surface area contributed by atoms with Crippen molar-refractivity contribution in [3.8, 4) is 44.5 Å². The number of rotatable bonds is 8. The van der Waals surface area contributed by atoms with Gasteiger partial charge in [0.1, 0.15) is 0 Å². The van der Waals surface area contributed by atoms with E-state index in [-0.39, 0.29) is 0 Å². The minimum Gasteiger partial charge on any atom is -0.354 e. The Hall–Kier alpha value is -4.60. The van der Waals surface area contributed by atoms with Crippen LogP contribution >= 0.6 is 63.7 Å². The van der Waals surface area contributed by atoms with Crippen molar-refractivity contribution in [2.45, 2.75) is 21.3 Å². The van der Waals surface area contributed by atoms with Gasteiger partial charge in [-0.2, -0.15) is 0 Å². The van der Waals surface area contributed by atoms with Crippen molar-refractivity contribution in [2.75, 3.05) is 0 Å². The summed E-state index contributed by atoms with van der Waals surface area (Å²) in [4.78, 5) is 18.7. The molecule has 274 valence electrons. The minimum atomic E-state index is 0.757. The number of benzene rings is 4. The van der Waals surface area contributed by atoms with Crippen LogP contribution in [-0.4, -0.2) is 19.9 Å². The fourth-order valence-electron chi connectivity index (χ4n) is 7.66. The van der Waals surface area contributed by atoms with E-state index in [1.54, 1.807) is 0 Å². The van der Waals surface area contributed by atoms with Crippen LogP contribution in [0, 0.1) is 0 Å². The lowest BCUT2D eigenvalue weighted by Crippen LogP contribution is -1.91. The predicted octanol–water partition coefficient (Wildman–Crippen LogP) is 14.9. The van der Waals surface area contributed by atoms with E-state index in [1.807, 2.05) is 0 Å². The van der Waals surface area contributed by atoms with Crippen LogP contribution in [0.25, 0.3) is 90.9 Å². The molecular formula is C48H34Br4N4. The summed E-state index contributed by atoms with van der Waals surface area (Å²) >= 11 is 14.8. The molecule has 8 heteroatoms. The molecule has 2 aliphatic heterocycles. The highest BCUT2D eigenvalue weighted by molar-refractivity contribution is 9.09. The fraction of sp³-hybridized carbons (Fsp3) is 0.0833. The van der Waals surface area contributed by atoms with E-state index in [4.69, 9.17) is 9.97 Å². The standard InChI is InChI=1S/C48H34Br4N4/c49-25-29-5-1-9-33(21-29)45-37-13-15-39(53-37)46(34-10-2-6-30(22-34)26-50)41-17-19-43(55-41)48(36-12-4-8-32(24-36)28-52)44-20-18-42(56-44)47(40-16-14-38(45)54-40)35-11-3-7-31(23-35)27-51/h1-24,53,56H,25-28H2. The third kappa shape index (κ3) is 7.13. The molecule has 5 heterocycles.